The third-order valence-electron chi connectivity index (χ3n) is 4.45. The largest absolute Gasteiger partial charge is 0.355 e. The predicted molar refractivity (Wildman–Crippen MR) is 129 cm³/mol. The molecular formula is C18H25ClIN7O2S. The maximum absolute atomic E-state index is 12.2. The summed E-state index contributed by atoms with van der Waals surface area (Å²) in [6.45, 7) is 2.21. The number of sulfonamides is 1. The van der Waals surface area contributed by atoms with E-state index in [4.69, 9.17) is 11.6 Å². The van der Waals surface area contributed by atoms with Gasteiger partial charge in [-0.1, -0.05) is 11.6 Å². The average molecular weight is 566 g/mol. The van der Waals surface area contributed by atoms with E-state index >= 15 is 0 Å². The Morgan fingerprint density at radius 1 is 1.30 bits per heavy atom. The lowest BCUT2D eigenvalue weighted by molar-refractivity contribution is 0.579. The highest BCUT2D eigenvalue weighted by atomic mass is 127. The molecule has 1 aliphatic rings. The summed E-state index contributed by atoms with van der Waals surface area (Å²) in [7, 11) is -1.89. The second-order valence-corrected chi connectivity index (χ2v) is 8.64. The van der Waals surface area contributed by atoms with Crippen LogP contribution in [0.15, 0.2) is 52.7 Å². The number of rotatable bonds is 7. The summed E-state index contributed by atoms with van der Waals surface area (Å²) in [4.78, 5) is 14.7. The molecule has 0 aromatic carbocycles. The quantitative estimate of drug-likeness (QED) is 0.202. The van der Waals surface area contributed by atoms with E-state index in [-0.39, 0.29) is 41.5 Å². The van der Waals surface area contributed by atoms with Crippen molar-refractivity contribution in [2.45, 2.75) is 17.4 Å². The lowest BCUT2D eigenvalue weighted by Crippen LogP contribution is -2.46. The Kier molecular flexibility index (Phi) is 9.52. The Morgan fingerprint density at radius 3 is 2.80 bits per heavy atom. The van der Waals surface area contributed by atoms with Crippen LogP contribution in [0.3, 0.4) is 0 Å². The monoisotopic (exact) mass is 565 g/mol. The zero-order valence-electron chi connectivity index (χ0n) is 16.5. The van der Waals surface area contributed by atoms with Crippen molar-refractivity contribution in [1.82, 2.24) is 25.3 Å². The smallest absolute Gasteiger partial charge is 0.242 e. The van der Waals surface area contributed by atoms with E-state index < -0.39 is 10.0 Å². The van der Waals surface area contributed by atoms with Crippen LogP contribution in [0.2, 0.25) is 5.02 Å². The second kappa shape index (κ2) is 11.6. The Bertz CT molecular complexity index is 947. The minimum atomic E-state index is -3.57. The standard InChI is InChI=1S/C18H24ClN7O2S.HI/c1-20-18(23-9-10-24-29(27,28)15-4-2-7-21-12-15)25-14-6-11-26(13-14)17-16(19)5-3-8-22-17;/h2-5,7-8,12,14,24H,6,9-11,13H2,1H3,(H2,20,23,25);1H. The first-order valence-electron chi connectivity index (χ1n) is 9.22. The van der Waals surface area contributed by atoms with Crippen molar-refractivity contribution in [3.63, 3.8) is 0 Å². The summed E-state index contributed by atoms with van der Waals surface area (Å²) in [6, 6.07) is 6.92. The highest BCUT2D eigenvalue weighted by Crippen LogP contribution is 2.25. The molecule has 1 aliphatic heterocycles. The average Bonchev–Trinajstić information content (AvgIpc) is 3.19. The topological polar surface area (TPSA) is 112 Å². The summed E-state index contributed by atoms with van der Waals surface area (Å²) in [6.07, 6.45) is 5.49. The fourth-order valence-electron chi connectivity index (χ4n) is 3.02. The first-order valence-corrected chi connectivity index (χ1v) is 11.1. The number of aromatic nitrogens is 2. The number of guanidine groups is 1. The molecule has 0 aliphatic carbocycles. The second-order valence-electron chi connectivity index (χ2n) is 6.47. The van der Waals surface area contributed by atoms with Crippen LogP contribution in [0.5, 0.6) is 0 Å². The van der Waals surface area contributed by atoms with Gasteiger partial charge in [0.15, 0.2) is 5.96 Å². The molecule has 1 atom stereocenters. The van der Waals surface area contributed by atoms with Gasteiger partial charge < -0.3 is 15.5 Å². The van der Waals surface area contributed by atoms with Crippen molar-refractivity contribution in [3.05, 3.63) is 47.9 Å². The van der Waals surface area contributed by atoms with E-state index in [1.54, 1.807) is 19.3 Å². The van der Waals surface area contributed by atoms with Gasteiger partial charge in [0.05, 0.1) is 5.02 Å². The van der Waals surface area contributed by atoms with E-state index in [2.05, 4.69) is 35.2 Å². The molecule has 3 N–H and O–H groups in total. The maximum atomic E-state index is 12.2. The van der Waals surface area contributed by atoms with Crippen molar-refractivity contribution < 1.29 is 8.42 Å². The first kappa shape index (κ1) is 24.6. The van der Waals surface area contributed by atoms with Gasteiger partial charge >= 0.3 is 0 Å². The highest BCUT2D eigenvalue weighted by molar-refractivity contribution is 14.0. The summed E-state index contributed by atoms with van der Waals surface area (Å²) < 4.78 is 26.9. The van der Waals surface area contributed by atoms with Gasteiger partial charge in [0, 0.05) is 57.9 Å². The van der Waals surface area contributed by atoms with Gasteiger partial charge in [-0.3, -0.25) is 9.98 Å². The number of halogens is 2. The zero-order chi connectivity index (χ0) is 20.7. The molecule has 0 radical (unpaired) electrons. The van der Waals surface area contributed by atoms with Crippen LogP contribution in [-0.4, -0.2) is 63.6 Å². The molecule has 0 spiro atoms. The molecule has 3 heterocycles. The van der Waals surface area contributed by atoms with Gasteiger partial charge in [0.25, 0.3) is 0 Å². The molecule has 0 bridgehead atoms. The third-order valence-corrected chi connectivity index (χ3v) is 6.19. The summed E-state index contributed by atoms with van der Waals surface area (Å²) >= 11 is 6.23. The SMILES string of the molecule is CN=C(NCCNS(=O)(=O)c1cccnc1)NC1CCN(c2ncccc2Cl)C1.I. The number of pyridine rings is 2. The van der Waals surface area contributed by atoms with E-state index in [9.17, 15) is 8.42 Å². The number of aliphatic imine (C=N–C) groups is 1. The molecule has 9 nitrogen and oxygen atoms in total. The van der Waals surface area contributed by atoms with Crippen LogP contribution in [-0.2, 0) is 10.0 Å². The summed E-state index contributed by atoms with van der Waals surface area (Å²) in [5.41, 5.74) is 0. The van der Waals surface area contributed by atoms with E-state index in [1.165, 1.54) is 18.5 Å². The van der Waals surface area contributed by atoms with Gasteiger partial charge in [0.1, 0.15) is 10.7 Å². The fraction of sp³-hybridized carbons (Fsp3) is 0.389. The lowest BCUT2D eigenvalue weighted by atomic mass is 10.3. The Balaban J connectivity index is 0.00000320. The van der Waals surface area contributed by atoms with Crippen molar-refractivity contribution in [2.24, 2.45) is 4.99 Å². The van der Waals surface area contributed by atoms with E-state index in [0.29, 0.717) is 17.5 Å². The fourth-order valence-corrected chi connectivity index (χ4v) is 4.26. The predicted octanol–water partition coefficient (Wildman–Crippen LogP) is 1.47. The lowest BCUT2D eigenvalue weighted by Gasteiger charge is -2.20. The number of nitrogens with one attached hydrogen (secondary N) is 3. The van der Waals surface area contributed by atoms with Crippen LogP contribution in [0.1, 0.15) is 6.42 Å². The maximum Gasteiger partial charge on any atom is 0.242 e. The number of hydrogen-bond donors (Lipinski definition) is 3. The summed E-state index contributed by atoms with van der Waals surface area (Å²) in [5.74, 6) is 1.40. The van der Waals surface area contributed by atoms with Crippen molar-refractivity contribution in [2.75, 3.05) is 38.1 Å². The number of nitrogens with zero attached hydrogens (tertiary/aromatic N) is 4. The van der Waals surface area contributed by atoms with Gasteiger partial charge in [-0.15, -0.1) is 24.0 Å². The molecular weight excluding hydrogens is 541 g/mol. The van der Waals surface area contributed by atoms with Crippen LogP contribution in [0.25, 0.3) is 0 Å². The third kappa shape index (κ3) is 6.65. The van der Waals surface area contributed by atoms with Crippen molar-refractivity contribution in [3.8, 4) is 0 Å². The molecule has 0 amide bonds. The number of anilines is 1. The highest BCUT2D eigenvalue weighted by Gasteiger charge is 2.25. The number of hydrogen-bond acceptors (Lipinski definition) is 6. The normalized spacial score (nSPS) is 16.8. The Morgan fingerprint density at radius 2 is 2.10 bits per heavy atom. The van der Waals surface area contributed by atoms with Gasteiger partial charge in [-0.2, -0.15) is 0 Å². The first-order chi connectivity index (χ1) is 14.0. The molecule has 3 rings (SSSR count). The molecule has 12 heteroatoms. The summed E-state index contributed by atoms with van der Waals surface area (Å²) in [5, 5.41) is 7.11. The minimum absolute atomic E-state index is 0. The van der Waals surface area contributed by atoms with Crippen LogP contribution < -0.4 is 20.3 Å². The van der Waals surface area contributed by atoms with Gasteiger partial charge in [-0.25, -0.2) is 18.1 Å². The molecule has 1 saturated heterocycles. The van der Waals surface area contributed by atoms with Crippen molar-refractivity contribution in [1.29, 1.82) is 0 Å². The van der Waals surface area contributed by atoms with Crippen molar-refractivity contribution >= 4 is 57.4 Å². The molecule has 0 saturated carbocycles. The molecule has 30 heavy (non-hydrogen) atoms. The van der Waals surface area contributed by atoms with Gasteiger partial charge in [0.2, 0.25) is 10.0 Å². The molecule has 1 unspecified atom stereocenters. The van der Waals surface area contributed by atoms with Crippen LogP contribution in [0.4, 0.5) is 5.82 Å². The van der Waals surface area contributed by atoms with Crippen LogP contribution >= 0.6 is 35.6 Å². The van der Waals surface area contributed by atoms with E-state index in [0.717, 1.165) is 25.3 Å². The van der Waals surface area contributed by atoms with Gasteiger partial charge in [-0.05, 0) is 30.7 Å². The Hall–Kier alpha value is -1.70. The molecule has 2 aromatic rings. The van der Waals surface area contributed by atoms with E-state index in [1.807, 2.05) is 12.1 Å². The molecule has 1 fully saturated rings. The minimum Gasteiger partial charge on any atom is -0.355 e. The molecule has 164 valence electrons. The van der Waals surface area contributed by atoms with Crippen LogP contribution in [0, 0.1) is 0 Å². The Labute approximate surface area is 198 Å². The molecule has 2 aromatic heterocycles. The zero-order valence-corrected chi connectivity index (χ0v) is 20.4.